The van der Waals surface area contributed by atoms with Crippen LogP contribution in [0.3, 0.4) is 0 Å². The van der Waals surface area contributed by atoms with Crippen LogP contribution in [-0.4, -0.2) is 54.0 Å². The number of aromatic nitrogens is 1. The van der Waals surface area contributed by atoms with Gasteiger partial charge in [-0.3, -0.25) is 14.9 Å². The number of methoxy groups -OCH3 is 1. The number of urea groups is 1. The SMILES string of the molecule is COC1CN(C(=O)Nc2cc(Oc3ccc(NC(=O)C4(C(=O)Nc5ccc(F)cc5)CC4)cc3F)ccn2)C1. The summed E-state index contributed by atoms with van der Waals surface area (Å²) in [6.07, 6.45) is 2.10. The first-order chi connectivity index (χ1) is 18.8. The summed E-state index contributed by atoms with van der Waals surface area (Å²) in [5, 5.41) is 7.86. The number of pyridine rings is 1. The number of nitrogens with one attached hydrogen (secondary N) is 3. The van der Waals surface area contributed by atoms with Gasteiger partial charge in [0.15, 0.2) is 11.6 Å². The molecular formula is C27H25F2N5O5. The van der Waals surface area contributed by atoms with Crippen LogP contribution >= 0.6 is 0 Å². The molecule has 202 valence electrons. The first-order valence-corrected chi connectivity index (χ1v) is 12.2. The van der Waals surface area contributed by atoms with Crippen molar-refractivity contribution >= 4 is 35.0 Å². The van der Waals surface area contributed by atoms with E-state index in [0.717, 1.165) is 6.07 Å². The average molecular weight is 538 g/mol. The van der Waals surface area contributed by atoms with Crippen molar-refractivity contribution in [1.82, 2.24) is 9.88 Å². The molecule has 2 aromatic carbocycles. The van der Waals surface area contributed by atoms with Crippen LogP contribution in [0.5, 0.6) is 11.5 Å². The van der Waals surface area contributed by atoms with E-state index >= 15 is 0 Å². The Morgan fingerprint density at radius 1 is 0.923 bits per heavy atom. The molecule has 1 saturated heterocycles. The lowest BCUT2D eigenvalue weighted by Crippen LogP contribution is -2.55. The van der Waals surface area contributed by atoms with Gasteiger partial charge in [0.25, 0.3) is 0 Å². The number of ether oxygens (including phenoxy) is 2. The quantitative estimate of drug-likeness (QED) is 0.367. The van der Waals surface area contributed by atoms with Crippen molar-refractivity contribution < 1.29 is 32.6 Å². The van der Waals surface area contributed by atoms with Crippen LogP contribution in [0.15, 0.2) is 60.8 Å². The highest BCUT2D eigenvalue weighted by Crippen LogP contribution is 2.47. The van der Waals surface area contributed by atoms with Crippen molar-refractivity contribution in [2.45, 2.75) is 18.9 Å². The molecule has 2 heterocycles. The van der Waals surface area contributed by atoms with Crippen molar-refractivity contribution in [2.24, 2.45) is 5.41 Å². The normalized spacial score (nSPS) is 15.6. The summed E-state index contributed by atoms with van der Waals surface area (Å²) >= 11 is 0. The smallest absolute Gasteiger partial charge is 0.323 e. The van der Waals surface area contributed by atoms with Gasteiger partial charge in [0.05, 0.1) is 19.2 Å². The third-order valence-electron chi connectivity index (χ3n) is 6.57. The number of anilines is 3. The molecule has 2 aliphatic rings. The van der Waals surface area contributed by atoms with Gasteiger partial charge in [0.1, 0.15) is 22.8 Å². The molecule has 5 rings (SSSR count). The lowest BCUT2D eigenvalue weighted by atomic mass is 10.0. The van der Waals surface area contributed by atoms with Crippen molar-refractivity contribution in [3.05, 3.63) is 72.4 Å². The maximum Gasteiger partial charge on any atom is 0.323 e. The predicted molar refractivity (Wildman–Crippen MR) is 137 cm³/mol. The fourth-order valence-corrected chi connectivity index (χ4v) is 3.99. The molecule has 10 nitrogen and oxygen atoms in total. The Labute approximate surface area is 222 Å². The molecule has 3 aromatic rings. The van der Waals surface area contributed by atoms with E-state index in [1.54, 1.807) is 12.0 Å². The lowest BCUT2D eigenvalue weighted by Gasteiger charge is -2.37. The zero-order chi connectivity index (χ0) is 27.6. The van der Waals surface area contributed by atoms with Gasteiger partial charge in [-0.1, -0.05) is 0 Å². The van der Waals surface area contributed by atoms with E-state index in [1.807, 2.05) is 0 Å². The molecule has 0 atom stereocenters. The zero-order valence-electron chi connectivity index (χ0n) is 20.9. The molecular weight excluding hydrogens is 512 g/mol. The van der Waals surface area contributed by atoms with Crippen LogP contribution < -0.4 is 20.7 Å². The Hall–Kier alpha value is -4.58. The molecule has 12 heteroatoms. The van der Waals surface area contributed by atoms with Gasteiger partial charge in [-0.2, -0.15) is 0 Å². The third-order valence-corrected chi connectivity index (χ3v) is 6.57. The van der Waals surface area contributed by atoms with E-state index in [-0.39, 0.29) is 35.1 Å². The van der Waals surface area contributed by atoms with E-state index in [4.69, 9.17) is 9.47 Å². The number of rotatable bonds is 8. The van der Waals surface area contributed by atoms with Crippen LogP contribution in [0, 0.1) is 17.0 Å². The van der Waals surface area contributed by atoms with E-state index in [1.165, 1.54) is 54.7 Å². The molecule has 4 amide bonds. The Morgan fingerprint density at radius 3 is 2.23 bits per heavy atom. The number of nitrogens with zero attached hydrogens (tertiary/aromatic N) is 2. The van der Waals surface area contributed by atoms with E-state index in [9.17, 15) is 23.2 Å². The summed E-state index contributed by atoms with van der Waals surface area (Å²) in [6.45, 7) is 0.958. The molecule has 1 saturated carbocycles. The molecule has 2 fully saturated rings. The van der Waals surface area contributed by atoms with Gasteiger partial charge in [0.2, 0.25) is 11.8 Å². The fourth-order valence-electron chi connectivity index (χ4n) is 3.99. The Bertz CT molecular complexity index is 1410. The van der Waals surface area contributed by atoms with Gasteiger partial charge in [-0.05, 0) is 55.3 Å². The van der Waals surface area contributed by atoms with Crippen LogP contribution in [0.1, 0.15) is 12.8 Å². The molecule has 1 aromatic heterocycles. The minimum absolute atomic E-state index is 0.0162. The fraction of sp³-hybridized carbons (Fsp3) is 0.259. The Kier molecular flexibility index (Phi) is 7.11. The van der Waals surface area contributed by atoms with Gasteiger partial charge in [-0.25, -0.2) is 18.6 Å². The predicted octanol–water partition coefficient (Wildman–Crippen LogP) is 4.37. The summed E-state index contributed by atoms with van der Waals surface area (Å²) in [5.41, 5.74) is -0.761. The number of amides is 4. The molecule has 1 aliphatic carbocycles. The van der Waals surface area contributed by atoms with Crippen LogP contribution in [-0.2, 0) is 14.3 Å². The highest BCUT2D eigenvalue weighted by atomic mass is 19.1. The Balaban J connectivity index is 1.18. The van der Waals surface area contributed by atoms with Gasteiger partial charge < -0.3 is 25.0 Å². The number of hydrogen-bond donors (Lipinski definition) is 3. The molecule has 3 N–H and O–H groups in total. The summed E-state index contributed by atoms with van der Waals surface area (Å²) in [7, 11) is 1.59. The molecule has 1 aliphatic heterocycles. The van der Waals surface area contributed by atoms with Crippen molar-refractivity contribution in [3.63, 3.8) is 0 Å². The van der Waals surface area contributed by atoms with Gasteiger partial charge >= 0.3 is 6.03 Å². The summed E-state index contributed by atoms with van der Waals surface area (Å²) < 4.78 is 38.7. The largest absolute Gasteiger partial charge is 0.454 e. The van der Waals surface area contributed by atoms with Crippen molar-refractivity contribution in [2.75, 3.05) is 36.1 Å². The van der Waals surface area contributed by atoms with Gasteiger partial charge in [0, 0.05) is 36.8 Å². The highest BCUT2D eigenvalue weighted by Gasteiger charge is 2.56. The third kappa shape index (κ3) is 5.80. The average Bonchev–Trinajstić information content (AvgIpc) is 3.69. The Morgan fingerprint density at radius 2 is 1.59 bits per heavy atom. The number of benzene rings is 2. The van der Waals surface area contributed by atoms with Crippen molar-refractivity contribution in [1.29, 1.82) is 0 Å². The number of hydrogen-bond acceptors (Lipinski definition) is 6. The molecule has 0 unspecified atom stereocenters. The lowest BCUT2D eigenvalue weighted by molar-refractivity contribution is -0.131. The van der Waals surface area contributed by atoms with Gasteiger partial charge in [-0.15, -0.1) is 0 Å². The first kappa shape index (κ1) is 26.0. The second-order valence-electron chi connectivity index (χ2n) is 9.31. The second kappa shape index (κ2) is 10.7. The topological polar surface area (TPSA) is 122 Å². The van der Waals surface area contributed by atoms with Crippen LogP contribution in [0.25, 0.3) is 0 Å². The molecule has 0 spiro atoms. The monoisotopic (exact) mass is 537 g/mol. The second-order valence-corrected chi connectivity index (χ2v) is 9.31. The van der Waals surface area contributed by atoms with Crippen LogP contribution in [0.4, 0.5) is 30.8 Å². The van der Waals surface area contributed by atoms with Crippen LogP contribution in [0.2, 0.25) is 0 Å². The summed E-state index contributed by atoms with van der Waals surface area (Å²) in [6, 6.07) is 11.7. The molecule has 0 bridgehead atoms. The number of likely N-dealkylation sites (tertiary alicyclic amines) is 1. The maximum atomic E-state index is 14.8. The minimum atomic E-state index is -1.28. The zero-order valence-corrected chi connectivity index (χ0v) is 20.9. The van der Waals surface area contributed by atoms with E-state index in [2.05, 4.69) is 20.9 Å². The number of carbonyl (C=O) groups is 3. The van der Waals surface area contributed by atoms with E-state index in [0.29, 0.717) is 31.6 Å². The number of halogens is 2. The molecule has 0 radical (unpaired) electrons. The standard InChI is InChI=1S/C27H25F2N5O5/c1-38-20-14-34(15-20)26(37)33-23-13-19(8-11-30-23)39-22-7-6-18(12-21(22)29)32-25(36)27(9-10-27)24(35)31-17-4-2-16(28)3-5-17/h2-8,11-13,20H,9-10,14-15H2,1H3,(H,31,35)(H,32,36)(H,30,33,37). The number of carbonyl (C=O) groups excluding carboxylic acids is 3. The minimum Gasteiger partial charge on any atom is -0.454 e. The maximum absolute atomic E-state index is 14.8. The van der Waals surface area contributed by atoms with E-state index < -0.39 is 28.9 Å². The van der Waals surface area contributed by atoms with Crippen molar-refractivity contribution in [3.8, 4) is 11.5 Å². The first-order valence-electron chi connectivity index (χ1n) is 12.2. The highest BCUT2D eigenvalue weighted by molar-refractivity contribution is 6.16. The summed E-state index contributed by atoms with van der Waals surface area (Å²) in [4.78, 5) is 43.5. The molecule has 39 heavy (non-hydrogen) atoms. The summed E-state index contributed by atoms with van der Waals surface area (Å²) in [5.74, 6) is -1.91.